The van der Waals surface area contributed by atoms with E-state index in [-0.39, 0.29) is 23.0 Å². The van der Waals surface area contributed by atoms with Gasteiger partial charge in [-0.3, -0.25) is 14.4 Å². The summed E-state index contributed by atoms with van der Waals surface area (Å²) in [5, 5.41) is 3.01. The molecule has 3 aromatic rings. The van der Waals surface area contributed by atoms with Crippen LogP contribution in [-0.2, 0) is 15.0 Å². The molecule has 6 rings (SSSR count). The maximum absolute atomic E-state index is 14.7. The third kappa shape index (κ3) is 3.27. The predicted octanol–water partition coefficient (Wildman–Crippen LogP) is 4.27. The van der Waals surface area contributed by atoms with Crippen molar-refractivity contribution in [1.29, 1.82) is 0 Å². The van der Waals surface area contributed by atoms with E-state index in [0.717, 1.165) is 11.3 Å². The number of hydrogen-bond donors (Lipinski definition) is 1. The maximum atomic E-state index is 14.7. The number of nitrogens with one attached hydrogen (secondary N) is 1. The lowest BCUT2D eigenvalue weighted by Gasteiger charge is -2.37. The summed E-state index contributed by atoms with van der Waals surface area (Å²) in [7, 11) is 4.44. The number of Topliss-reactive ketones (excluding diaryl/α,β-unsaturated/α-hetero) is 2. The largest absolute Gasteiger partial charge is 0.493 e. The Morgan fingerprint density at radius 1 is 0.923 bits per heavy atom. The molecule has 0 aliphatic carbocycles. The number of rotatable bonds is 6. The van der Waals surface area contributed by atoms with Crippen LogP contribution in [0.5, 0.6) is 17.2 Å². The van der Waals surface area contributed by atoms with E-state index in [9.17, 15) is 14.4 Å². The van der Waals surface area contributed by atoms with Gasteiger partial charge in [-0.15, -0.1) is 0 Å². The first-order chi connectivity index (χ1) is 18.9. The van der Waals surface area contributed by atoms with Crippen molar-refractivity contribution in [2.24, 2.45) is 5.92 Å². The molecule has 1 spiro atoms. The summed E-state index contributed by atoms with van der Waals surface area (Å²) >= 11 is 0. The van der Waals surface area contributed by atoms with E-state index >= 15 is 0 Å². The Hall–Kier alpha value is -4.59. The Morgan fingerprint density at radius 2 is 1.59 bits per heavy atom. The van der Waals surface area contributed by atoms with Crippen molar-refractivity contribution in [1.82, 2.24) is 0 Å². The van der Waals surface area contributed by atoms with Gasteiger partial charge in [0.2, 0.25) is 11.7 Å². The smallest absolute Gasteiger partial charge is 0.238 e. The second-order valence-electron chi connectivity index (χ2n) is 9.95. The van der Waals surface area contributed by atoms with Crippen molar-refractivity contribution in [2.45, 2.75) is 24.4 Å². The Morgan fingerprint density at radius 3 is 2.26 bits per heavy atom. The number of fused-ring (bicyclic) bond motifs is 6. The van der Waals surface area contributed by atoms with Crippen LogP contribution < -0.4 is 24.4 Å². The lowest BCUT2D eigenvalue weighted by Crippen LogP contribution is -2.51. The first-order valence-corrected chi connectivity index (χ1v) is 12.7. The first kappa shape index (κ1) is 24.7. The first-order valence-electron chi connectivity index (χ1n) is 12.7. The number of nitrogens with zero attached hydrogens (tertiary/aromatic N) is 1. The van der Waals surface area contributed by atoms with Crippen molar-refractivity contribution in [2.75, 3.05) is 31.5 Å². The molecule has 198 valence electrons. The van der Waals surface area contributed by atoms with Gasteiger partial charge in [-0.25, -0.2) is 0 Å². The Balaban J connectivity index is 1.64. The Kier molecular flexibility index (Phi) is 5.71. The fourth-order valence-electron chi connectivity index (χ4n) is 6.68. The summed E-state index contributed by atoms with van der Waals surface area (Å²) in [6.45, 7) is 1.48. The lowest BCUT2D eigenvalue weighted by atomic mass is 9.64. The summed E-state index contributed by atoms with van der Waals surface area (Å²) in [6.07, 6.45) is 3.92. The summed E-state index contributed by atoms with van der Waals surface area (Å²) in [5.41, 5.74) is 1.97. The summed E-state index contributed by atoms with van der Waals surface area (Å²) < 4.78 is 16.5. The van der Waals surface area contributed by atoms with Gasteiger partial charge in [0.1, 0.15) is 5.41 Å². The van der Waals surface area contributed by atoms with E-state index in [1.165, 1.54) is 28.3 Å². The molecule has 0 aromatic heterocycles. The Bertz CT molecular complexity index is 1540. The number of carbonyl (C=O) groups is 3. The predicted molar refractivity (Wildman–Crippen MR) is 147 cm³/mol. The zero-order valence-corrected chi connectivity index (χ0v) is 22.1. The molecule has 1 N–H and O–H groups in total. The maximum Gasteiger partial charge on any atom is 0.238 e. The topological polar surface area (TPSA) is 94.2 Å². The standard InChI is InChI=1S/C31H28N2O6/c1-17(34)27-26(28(35)19-15-23(37-2)29(39-4)24(16-19)38-3)31(20-10-6-7-11-21(20)32-30(31)36)25-14-13-18-9-5-8-12-22(18)33(25)27/h5-16,25-27H,1-4H3,(H,32,36)/t25-,26-,27+,31+/m1/s1. The Labute approximate surface area is 226 Å². The highest BCUT2D eigenvalue weighted by molar-refractivity contribution is 6.16. The van der Waals surface area contributed by atoms with Crippen LogP contribution in [0.3, 0.4) is 0 Å². The normalized spacial score (nSPS) is 24.1. The van der Waals surface area contributed by atoms with E-state index < -0.39 is 23.4 Å². The monoisotopic (exact) mass is 524 g/mol. The number of para-hydroxylation sites is 2. The molecule has 39 heavy (non-hydrogen) atoms. The highest BCUT2D eigenvalue weighted by Crippen LogP contribution is 2.58. The molecule has 0 unspecified atom stereocenters. The van der Waals surface area contributed by atoms with Gasteiger partial charge < -0.3 is 24.4 Å². The van der Waals surface area contributed by atoms with Gasteiger partial charge in [-0.05, 0) is 42.3 Å². The minimum Gasteiger partial charge on any atom is -0.493 e. The molecule has 1 fully saturated rings. The number of carbonyl (C=O) groups excluding carboxylic acids is 3. The molecule has 3 heterocycles. The molecule has 0 bridgehead atoms. The summed E-state index contributed by atoms with van der Waals surface area (Å²) in [4.78, 5) is 44.4. The van der Waals surface area contributed by atoms with Crippen LogP contribution in [-0.4, -0.2) is 50.9 Å². The zero-order chi connectivity index (χ0) is 27.5. The van der Waals surface area contributed by atoms with Gasteiger partial charge in [0.05, 0.1) is 39.3 Å². The molecular formula is C31H28N2O6. The van der Waals surface area contributed by atoms with Gasteiger partial charge in [-0.1, -0.05) is 48.6 Å². The van der Waals surface area contributed by atoms with Gasteiger partial charge in [-0.2, -0.15) is 0 Å². The van der Waals surface area contributed by atoms with Crippen LogP contribution in [0.1, 0.15) is 28.4 Å². The molecule has 8 nitrogen and oxygen atoms in total. The molecule has 3 aliphatic rings. The average molecular weight is 525 g/mol. The summed E-state index contributed by atoms with van der Waals surface area (Å²) in [5.74, 6) is -0.943. The van der Waals surface area contributed by atoms with Crippen LogP contribution in [0.25, 0.3) is 6.08 Å². The molecule has 0 saturated carbocycles. The third-order valence-corrected chi connectivity index (χ3v) is 8.19. The number of hydrogen-bond acceptors (Lipinski definition) is 7. The van der Waals surface area contributed by atoms with Crippen LogP contribution in [0.15, 0.2) is 66.7 Å². The molecule has 3 aliphatic heterocycles. The fraction of sp³-hybridized carbons (Fsp3) is 0.258. The van der Waals surface area contributed by atoms with E-state index in [0.29, 0.717) is 28.5 Å². The van der Waals surface area contributed by atoms with Crippen molar-refractivity contribution in [3.05, 3.63) is 83.4 Å². The lowest BCUT2D eigenvalue weighted by molar-refractivity contribution is -0.122. The van der Waals surface area contributed by atoms with Crippen LogP contribution in [0, 0.1) is 5.92 Å². The van der Waals surface area contributed by atoms with Crippen LogP contribution in [0.4, 0.5) is 11.4 Å². The van der Waals surface area contributed by atoms with E-state index in [2.05, 4.69) is 5.32 Å². The number of amides is 1. The quantitative estimate of drug-likeness (QED) is 0.481. The van der Waals surface area contributed by atoms with Gasteiger partial charge in [0.25, 0.3) is 0 Å². The molecule has 1 saturated heterocycles. The van der Waals surface area contributed by atoms with Gasteiger partial charge in [0.15, 0.2) is 23.1 Å². The zero-order valence-electron chi connectivity index (χ0n) is 22.1. The SMILES string of the molecule is COc1cc(C(=O)[C@H]2[C@H](C(C)=O)N3c4ccccc4C=C[C@@H]3[C@]23C(=O)Nc2ccccc23)cc(OC)c1OC. The number of methoxy groups -OCH3 is 3. The summed E-state index contributed by atoms with van der Waals surface area (Å²) in [6, 6.07) is 16.8. The van der Waals surface area contributed by atoms with E-state index in [4.69, 9.17) is 14.2 Å². The number of ketones is 2. The minimum absolute atomic E-state index is 0.204. The second-order valence-corrected chi connectivity index (χ2v) is 9.95. The highest BCUT2D eigenvalue weighted by Gasteiger charge is 2.69. The molecule has 1 amide bonds. The van der Waals surface area contributed by atoms with Crippen molar-refractivity contribution in [3.8, 4) is 17.2 Å². The number of benzene rings is 3. The van der Waals surface area contributed by atoms with Crippen LogP contribution >= 0.6 is 0 Å². The number of ether oxygens (including phenoxy) is 3. The minimum atomic E-state index is -1.35. The van der Waals surface area contributed by atoms with Crippen LogP contribution in [0.2, 0.25) is 0 Å². The van der Waals surface area contributed by atoms with Crippen molar-refractivity contribution >= 4 is 34.9 Å². The molecule has 4 atom stereocenters. The third-order valence-electron chi connectivity index (χ3n) is 8.19. The average Bonchev–Trinajstić information content (AvgIpc) is 3.44. The second kappa shape index (κ2) is 9.01. The van der Waals surface area contributed by atoms with E-state index in [1.54, 1.807) is 12.1 Å². The van der Waals surface area contributed by atoms with E-state index in [1.807, 2.05) is 65.6 Å². The highest BCUT2D eigenvalue weighted by atomic mass is 16.5. The van der Waals surface area contributed by atoms with Gasteiger partial charge in [0, 0.05) is 16.9 Å². The van der Waals surface area contributed by atoms with Gasteiger partial charge >= 0.3 is 0 Å². The molecule has 0 radical (unpaired) electrons. The van der Waals surface area contributed by atoms with Crippen molar-refractivity contribution in [3.63, 3.8) is 0 Å². The number of anilines is 2. The molecule has 8 heteroatoms. The fourth-order valence-corrected chi connectivity index (χ4v) is 6.68. The van der Waals surface area contributed by atoms with Crippen molar-refractivity contribution < 1.29 is 28.6 Å². The molecular weight excluding hydrogens is 496 g/mol. The molecule has 3 aromatic carbocycles.